The Balaban J connectivity index is 2.49. The summed E-state index contributed by atoms with van der Waals surface area (Å²) >= 11 is 4.50. The largest absolute Gasteiger partial charge is 0.241 e. The molecule has 0 saturated heterocycles. The fourth-order valence-corrected chi connectivity index (χ4v) is 3.02. The molecule has 0 aliphatic carbocycles. The van der Waals surface area contributed by atoms with Crippen LogP contribution in [0.2, 0.25) is 0 Å². The average Bonchev–Trinajstić information content (AvgIpc) is 2.75. The van der Waals surface area contributed by atoms with Gasteiger partial charge in [-0.15, -0.1) is 11.3 Å². The molecule has 1 aromatic heterocycles. The van der Waals surface area contributed by atoms with E-state index in [1.54, 1.807) is 0 Å². The molecule has 0 radical (unpaired) electrons. The first-order valence-electron chi connectivity index (χ1n) is 5.10. The van der Waals surface area contributed by atoms with Crippen molar-refractivity contribution in [1.82, 2.24) is 4.98 Å². The molecular formula is C12H10BrF2NS. The van der Waals surface area contributed by atoms with Crippen molar-refractivity contribution < 1.29 is 8.78 Å². The number of thiazole rings is 1. The van der Waals surface area contributed by atoms with E-state index in [0.29, 0.717) is 16.5 Å². The minimum absolute atomic E-state index is 0.127. The van der Waals surface area contributed by atoms with Gasteiger partial charge in [0.1, 0.15) is 5.01 Å². The van der Waals surface area contributed by atoms with Gasteiger partial charge in [0.25, 0.3) is 0 Å². The Kier molecular flexibility index (Phi) is 3.58. The fourth-order valence-electron chi connectivity index (χ4n) is 1.37. The van der Waals surface area contributed by atoms with Crippen LogP contribution >= 0.6 is 27.3 Å². The molecule has 0 spiro atoms. The first-order chi connectivity index (χ1) is 8.00. The molecule has 90 valence electrons. The van der Waals surface area contributed by atoms with Gasteiger partial charge in [0.2, 0.25) is 0 Å². The highest BCUT2D eigenvalue weighted by Gasteiger charge is 2.15. The van der Waals surface area contributed by atoms with Gasteiger partial charge >= 0.3 is 0 Å². The Hall–Kier alpha value is -0.810. The summed E-state index contributed by atoms with van der Waals surface area (Å²) in [5.41, 5.74) is 1.54. The first kappa shape index (κ1) is 12.6. The highest BCUT2D eigenvalue weighted by molar-refractivity contribution is 9.10. The average molecular weight is 318 g/mol. The SMILES string of the molecule is CC(C)c1csc(-c2ccc(F)c(F)c2Br)n1. The van der Waals surface area contributed by atoms with Crippen LogP contribution in [-0.2, 0) is 0 Å². The number of aromatic nitrogens is 1. The van der Waals surface area contributed by atoms with Gasteiger partial charge in [0.05, 0.1) is 10.2 Å². The van der Waals surface area contributed by atoms with Crippen LogP contribution in [-0.4, -0.2) is 4.98 Å². The molecule has 0 amide bonds. The lowest BCUT2D eigenvalue weighted by atomic mass is 10.1. The van der Waals surface area contributed by atoms with Crippen LogP contribution in [0.5, 0.6) is 0 Å². The van der Waals surface area contributed by atoms with Gasteiger partial charge in [-0.2, -0.15) is 0 Å². The monoisotopic (exact) mass is 317 g/mol. The maximum absolute atomic E-state index is 13.4. The van der Waals surface area contributed by atoms with E-state index in [1.807, 2.05) is 19.2 Å². The molecule has 0 fully saturated rings. The highest BCUT2D eigenvalue weighted by Crippen LogP contribution is 2.34. The molecule has 0 unspecified atom stereocenters. The number of halogens is 3. The Morgan fingerprint density at radius 3 is 2.59 bits per heavy atom. The summed E-state index contributed by atoms with van der Waals surface area (Å²) in [6.07, 6.45) is 0. The zero-order valence-corrected chi connectivity index (χ0v) is 11.7. The minimum atomic E-state index is -0.871. The summed E-state index contributed by atoms with van der Waals surface area (Å²) in [5.74, 6) is -1.41. The third kappa shape index (κ3) is 2.40. The van der Waals surface area contributed by atoms with Crippen LogP contribution < -0.4 is 0 Å². The summed E-state index contributed by atoms with van der Waals surface area (Å²) in [6.45, 7) is 4.08. The van der Waals surface area contributed by atoms with Gasteiger partial charge < -0.3 is 0 Å². The standard InChI is InChI=1S/C12H10BrF2NS/c1-6(2)9-5-17-12(16-9)7-3-4-8(14)11(15)10(7)13/h3-6H,1-2H3. The zero-order valence-electron chi connectivity index (χ0n) is 9.30. The molecule has 2 aromatic rings. The first-order valence-corrected chi connectivity index (χ1v) is 6.77. The van der Waals surface area contributed by atoms with Crippen molar-refractivity contribution in [3.8, 4) is 10.6 Å². The Labute approximate surface area is 111 Å². The predicted octanol–water partition coefficient (Wildman–Crippen LogP) is 4.97. The van der Waals surface area contributed by atoms with Crippen molar-refractivity contribution in [1.29, 1.82) is 0 Å². The van der Waals surface area contributed by atoms with Crippen LogP contribution in [0.15, 0.2) is 22.0 Å². The molecule has 0 saturated carbocycles. The van der Waals surface area contributed by atoms with E-state index in [1.165, 1.54) is 17.4 Å². The van der Waals surface area contributed by atoms with Crippen LogP contribution in [0.4, 0.5) is 8.78 Å². The fraction of sp³-hybridized carbons (Fsp3) is 0.250. The molecule has 0 atom stereocenters. The molecule has 17 heavy (non-hydrogen) atoms. The molecule has 1 nitrogen and oxygen atoms in total. The predicted molar refractivity (Wildman–Crippen MR) is 69.3 cm³/mol. The van der Waals surface area contributed by atoms with Crippen LogP contribution in [0.3, 0.4) is 0 Å². The van der Waals surface area contributed by atoms with Crippen LogP contribution in [0, 0.1) is 11.6 Å². The van der Waals surface area contributed by atoms with E-state index in [2.05, 4.69) is 20.9 Å². The molecule has 0 aliphatic heterocycles. The van der Waals surface area contributed by atoms with E-state index in [9.17, 15) is 8.78 Å². The van der Waals surface area contributed by atoms with E-state index >= 15 is 0 Å². The van der Waals surface area contributed by atoms with E-state index in [4.69, 9.17) is 0 Å². The second-order valence-corrected chi connectivity index (χ2v) is 5.61. The van der Waals surface area contributed by atoms with Crippen molar-refractivity contribution in [2.45, 2.75) is 19.8 Å². The zero-order chi connectivity index (χ0) is 12.6. The molecule has 1 aromatic carbocycles. The number of hydrogen-bond acceptors (Lipinski definition) is 2. The van der Waals surface area contributed by atoms with Crippen molar-refractivity contribution >= 4 is 27.3 Å². The van der Waals surface area contributed by atoms with E-state index in [-0.39, 0.29) is 4.47 Å². The van der Waals surface area contributed by atoms with E-state index in [0.717, 1.165) is 11.8 Å². The highest BCUT2D eigenvalue weighted by atomic mass is 79.9. The van der Waals surface area contributed by atoms with Gasteiger partial charge in [-0.3, -0.25) is 0 Å². The third-order valence-corrected chi connectivity index (χ3v) is 4.05. The number of nitrogens with zero attached hydrogens (tertiary/aromatic N) is 1. The van der Waals surface area contributed by atoms with Crippen LogP contribution in [0.25, 0.3) is 10.6 Å². The molecule has 0 N–H and O–H groups in total. The molecule has 5 heteroatoms. The molecule has 2 rings (SSSR count). The number of benzene rings is 1. The lowest BCUT2D eigenvalue weighted by Gasteiger charge is -2.03. The molecular weight excluding hydrogens is 308 g/mol. The van der Waals surface area contributed by atoms with E-state index < -0.39 is 11.6 Å². The topological polar surface area (TPSA) is 12.9 Å². The summed E-state index contributed by atoms with van der Waals surface area (Å²) in [7, 11) is 0. The van der Waals surface area contributed by atoms with Gasteiger partial charge in [-0.05, 0) is 34.0 Å². The lowest BCUT2D eigenvalue weighted by molar-refractivity contribution is 0.505. The Bertz CT molecular complexity index is 551. The maximum Gasteiger partial charge on any atom is 0.173 e. The maximum atomic E-state index is 13.4. The van der Waals surface area contributed by atoms with Gasteiger partial charge in [-0.1, -0.05) is 13.8 Å². The third-order valence-electron chi connectivity index (χ3n) is 2.38. The summed E-state index contributed by atoms with van der Waals surface area (Å²) < 4.78 is 26.5. The van der Waals surface area contributed by atoms with Crippen molar-refractivity contribution in [3.05, 3.63) is 39.3 Å². The summed E-state index contributed by atoms with van der Waals surface area (Å²) in [4.78, 5) is 4.41. The Morgan fingerprint density at radius 2 is 2.00 bits per heavy atom. The lowest BCUT2D eigenvalue weighted by Crippen LogP contribution is -1.90. The van der Waals surface area contributed by atoms with Gasteiger partial charge in [0.15, 0.2) is 11.6 Å². The summed E-state index contributed by atoms with van der Waals surface area (Å²) in [5, 5.41) is 2.63. The summed E-state index contributed by atoms with van der Waals surface area (Å²) in [6, 6.07) is 2.65. The number of rotatable bonds is 2. The normalized spacial score (nSPS) is 11.2. The molecule has 0 aliphatic rings. The minimum Gasteiger partial charge on any atom is -0.241 e. The van der Waals surface area contributed by atoms with Crippen molar-refractivity contribution in [2.75, 3.05) is 0 Å². The quantitative estimate of drug-likeness (QED) is 0.712. The smallest absolute Gasteiger partial charge is 0.173 e. The second-order valence-electron chi connectivity index (χ2n) is 3.96. The van der Waals surface area contributed by atoms with Crippen LogP contribution in [0.1, 0.15) is 25.5 Å². The Morgan fingerprint density at radius 1 is 1.29 bits per heavy atom. The second kappa shape index (κ2) is 4.82. The molecule has 1 heterocycles. The van der Waals surface area contributed by atoms with Crippen molar-refractivity contribution in [2.24, 2.45) is 0 Å². The van der Waals surface area contributed by atoms with Crippen molar-refractivity contribution in [3.63, 3.8) is 0 Å². The molecule has 0 bridgehead atoms. The van der Waals surface area contributed by atoms with Gasteiger partial charge in [0, 0.05) is 10.9 Å². The van der Waals surface area contributed by atoms with Gasteiger partial charge in [-0.25, -0.2) is 13.8 Å². The number of hydrogen-bond donors (Lipinski definition) is 0.